The number of hydrogen-bond acceptors (Lipinski definition) is 5. The van der Waals surface area contributed by atoms with E-state index in [1.165, 1.54) is 29.2 Å². The minimum atomic E-state index is -4.24. The standard InChI is InChI=1S/C32H38ClN3O5S/c1-4-41-30-15-8-7-14-29(30)36(42(39,40)28-18-16-26(33)17-19-28)22-31(37)35(21-25-11-9-10-23(2)20-25)24(3)32(38)34-27-12-5-6-13-27/h7-11,14-20,24,27H,4-6,12-13,21-22H2,1-3H3,(H,34,38)/t24-/m0/s1. The lowest BCUT2D eigenvalue weighted by atomic mass is 10.1. The zero-order valence-corrected chi connectivity index (χ0v) is 25.8. The molecule has 3 aromatic rings. The van der Waals surface area contributed by atoms with Crippen molar-refractivity contribution in [2.45, 2.75) is 70.0 Å². The average Bonchev–Trinajstić information content (AvgIpc) is 3.48. The molecule has 0 heterocycles. The minimum absolute atomic E-state index is 0.0248. The summed E-state index contributed by atoms with van der Waals surface area (Å²) in [5.74, 6) is -0.457. The Morgan fingerprint density at radius 3 is 2.38 bits per heavy atom. The highest BCUT2D eigenvalue weighted by Crippen LogP contribution is 2.33. The summed E-state index contributed by atoms with van der Waals surface area (Å²) in [5, 5.41) is 3.47. The quantitative estimate of drug-likeness (QED) is 0.283. The first kappa shape index (κ1) is 31.4. The minimum Gasteiger partial charge on any atom is -0.492 e. The average molecular weight is 612 g/mol. The molecule has 1 N–H and O–H groups in total. The molecule has 1 saturated carbocycles. The second kappa shape index (κ2) is 14.1. The summed E-state index contributed by atoms with van der Waals surface area (Å²) in [6.45, 7) is 5.34. The molecule has 0 aromatic heterocycles. The fraction of sp³-hybridized carbons (Fsp3) is 0.375. The van der Waals surface area contributed by atoms with Gasteiger partial charge in [0.05, 0.1) is 17.2 Å². The Hall–Kier alpha value is -3.56. The maximum Gasteiger partial charge on any atom is 0.264 e. The van der Waals surface area contributed by atoms with Crippen LogP contribution in [0.2, 0.25) is 5.02 Å². The lowest BCUT2D eigenvalue weighted by Gasteiger charge is -2.33. The van der Waals surface area contributed by atoms with E-state index in [-0.39, 0.29) is 29.1 Å². The van der Waals surface area contributed by atoms with Gasteiger partial charge in [0.2, 0.25) is 11.8 Å². The lowest BCUT2D eigenvalue weighted by molar-refractivity contribution is -0.139. The van der Waals surface area contributed by atoms with Crippen LogP contribution in [0.5, 0.6) is 5.75 Å². The van der Waals surface area contributed by atoms with Gasteiger partial charge in [-0.05, 0) is 75.6 Å². The number of anilines is 1. The Kier molecular flexibility index (Phi) is 10.5. The molecule has 0 bridgehead atoms. The van der Waals surface area contributed by atoms with E-state index in [1.807, 2.05) is 31.2 Å². The molecule has 1 aliphatic rings. The smallest absolute Gasteiger partial charge is 0.264 e. The predicted octanol–water partition coefficient (Wildman–Crippen LogP) is 5.72. The SMILES string of the molecule is CCOc1ccccc1N(CC(=O)N(Cc1cccc(C)c1)[C@@H](C)C(=O)NC1CCCC1)S(=O)(=O)c1ccc(Cl)cc1. The van der Waals surface area contributed by atoms with E-state index in [2.05, 4.69) is 5.32 Å². The van der Waals surface area contributed by atoms with E-state index in [1.54, 1.807) is 38.1 Å². The van der Waals surface area contributed by atoms with E-state index in [9.17, 15) is 18.0 Å². The number of nitrogens with one attached hydrogen (secondary N) is 1. The molecule has 0 saturated heterocycles. The molecule has 42 heavy (non-hydrogen) atoms. The van der Waals surface area contributed by atoms with Crippen LogP contribution in [-0.4, -0.2) is 50.4 Å². The Labute approximate surface area is 253 Å². The van der Waals surface area contributed by atoms with Gasteiger partial charge in [-0.1, -0.05) is 66.4 Å². The molecule has 8 nitrogen and oxygen atoms in total. The first-order valence-corrected chi connectivity index (χ1v) is 16.1. The highest BCUT2D eigenvalue weighted by molar-refractivity contribution is 7.92. The monoisotopic (exact) mass is 611 g/mol. The third-order valence-electron chi connectivity index (χ3n) is 7.42. The number of rotatable bonds is 12. The van der Waals surface area contributed by atoms with Gasteiger partial charge in [0, 0.05) is 17.6 Å². The van der Waals surface area contributed by atoms with Crippen LogP contribution >= 0.6 is 11.6 Å². The summed E-state index contributed by atoms with van der Waals surface area (Å²) in [5.41, 5.74) is 2.08. The molecule has 224 valence electrons. The van der Waals surface area contributed by atoms with Crippen molar-refractivity contribution in [2.75, 3.05) is 17.5 Å². The normalized spacial score (nSPS) is 14.3. The molecular formula is C32H38ClN3O5S. The number of nitrogens with zero attached hydrogens (tertiary/aromatic N) is 2. The summed E-state index contributed by atoms with van der Waals surface area (Å²) in [7, 11) is -4.24. The predicted molar refractivity (Wildman–Crippen MR) is 165 cm³/mol. The number of ether oxygens (including phenoxy) is 1. The van der Waals surface area contributed by atoms with Crippen molar-refractivity contribution >= 4 is 39.1 Å². The number of amides is 2. The van der Waals surface area contributed by atoms with Crippen molar-refractivity contribution in [1.29, 1.82) is 0 Å². The lowest BCUT2D eigenvalue weighted by Crippen LogP contribution is -2.52. The van der Waals surface area contributed by atoms with E-state index in [0.717, 1.165) is 41.1 Å². The highest BCUT2D eigenvalue weighted by atomic mass is 35.5. The molecule has 1 fully saturated rings. The molecule has 4 rings (SSSR count). The Bertz CT molecular complexity index is 1490. The summed E-state index contributed by atoms with van der Waals surface area (Å²) >= 11 is 6.04. The van der Waals surface area contributed by atoms with Gasteiger partial charge >= 0.3 is 0 Å². The number of carbonyl (C=O) groups is 2. The van der Waals surface area contributed by atoms with Crippen molar-refractivity contribution in [1.82, 2.24) is 10.2 Å². The van der Waals surface area contributed by atoms with E-state index in [4.69, 9.17) is 16.3 Å². The number of carbonyl (C=O) groups excluding carboxylic acids is 2. The summed E-state index contributed by atoms with van der Waals surface area (Å²) in [6.07, 6.45) is 3.93. The number of hydrogen-bond donors (Lipinski definition) is 1. The maximum absolute atomic E-state index is 14.2. The molecule has 0 aliphatic heterocycles. The molecule has 0 unspecified atom stereocenters. The summed E-state index contributed by atoms with van der Waals surface area (Å²) in [4.78, 5) is 29.0. The first-order chi connectivity index (χ1) is 20.1. The van der Waals surface area contributed by atoms with Crippen LogP contribution in [0, 0.1) is 6.92 Å². The third-order valence-corrected chi connectivity index (χ3v) is 9.44. The molecule has 3 aromatic carbocycles. The molecule has 1 atom stereocenters. The summed E-state index contributed by atoms with van der Waals surface area (Å²) in [6, 6.07) is 19.4. The number of sulfonamides is 1. The number of benzene rings is 3. The van der Waals surface area contributed by atoms with E-state index in [0.29, 0.717) is 17.4 Å². The van der Waals surface area contributed by atoms with Gasteiger partial charge in [-0.25, -0.2) is 8.42 Å². The fourth-order valence-corrected chi connectivity index (χ4v) is 6.72. The molecule has 0 spiro atoms. The van der Waals surface area contributed by atoms with Crippen LogP contribution in [0.1, 0.15) is 50.7 Å². The topological polar surface area (TPSA) is 96.0 Å². The van der Waals surface area contributed by atoms with Crippen LogP contribution in [0.15, 0.2) is 77.7 Å². The van der Waals surface area contributed by atoms with Gasteiger partial charge < -0.3 is 15.0 Å². The Balaban J connectivity index is 1.72. The van der Waals surface area contributed by atoms with Crippen LogP contribution < -0.4 is 14.4 Å². The number of para-hydroxylation sites is 2. The molecule has 2 amide bonds. The van der Waals surface area contributed by atoms with Crippen molar-refractivity contribution < 1.29 is 22.7 Å². The second-order valence-corrected chi connectivity index (χ2v) is 12.8. The van der Waals surface area contributed by atoms with E-state index >= 15 is 0 Å². The molecular weight excluding hydrogens is 574 g/mol. The van der Waals surface area contributed by atoms with Crippen molar-refractivity contribution in [3.05, 3.63) is 88.9 Å². The van der Waals surface area contributed by atoms with Gasteiger partial charge in [0.15, 0.2) is 0 Å². The molecule has 1 aliphatic carbocycles. The van der Waals surface area contributed by atoms with Crippen LogP contribution in [0.3, 0.4) is 0 Å². The zero-order valence-electron chi connectivity index (χ0n) is 24.3. The Morgan fingerprint density at radius 2 is 1.71 bits per heavy atom. The largest absolute Gasteiger partial charge is 0.492 e. The van der Waals surface area contributed by atoms with Crippen LogP contribution in [0.25, 0.3) is 0 Å². The van der Waals surface area contributed by atoms with Gasteiger partial charge in [0.1, 0.15) is 18.3 Å². The van der Waals surface area contributed by atoms with Gasteiger partial charge in [-0.15, -0.1) is 0 Å². The van der Waals surface area contributed by atoms with Crippen molar-refractivity contribution in [3.8, 4) is 5.75 Å². The van der Waals surface area contributed by atoms with Crippen LogP contribution in [-0.2, 0) is 26.2 Å². The Morgan fingerprint density at radius 1 is 1.02 bits per heavy atom. The molecule has 0 radical (unpaired) electrons. The van der Waals surface area contributed by atoms with Gasteiger partial charge in [-0.3, -0.25) is 13.9 Å². The van der Waals surface area contributed by atoms with Gasteiger partial charge in [-0.2, -0.15) is 0 Å². The number of aryl methyl sites for hydroxylation is 1. The second-order valence-electron chi connectivity index (χ2n) is 10.5. The number of halogens is 1. The zero-order chi connectivity index (χ0) is 30.3. The first-order valence-electron chi connectivity index (χ1n) is 14.3. The fourth-order valence-electron chi connectivity index (χ4n) is 5.17. The third kappa shape index (κ3) is 7.63. The molecule has 10 heteroatoms. The van der Waals surface area contributed by atoms with Crippen LogP contribution in [0.4, 0.5) is 5.69 Å². The maximum atomic E-state index is 14.2. The van der Waals surface area contributed by atoms with E-state index < -0.39 is 28.5 Å². The summed E-state index contributed by atoms with van der Waals surface area (Å²) < 4.78 is 35.0. The van der Waals surface area contributed by atoms with Crippen molar-refractivity contribution in [3.63, 3.8) is 0 Å². The van der Waals surface area contributed by atoms with Gasteiger partial charge in [0.25, 0.3) is 10.0 Å². The highest BCUT2D eigenvalue weighted by Gasteiger charge is 2.34. The van der Waals surface area contributed by atoms with Crippen molar-refractivity contribution in [2.24, 2.45) is 0 Å².